The average Bonchev–Trinajstić information content (AvgIpc) is 2.65. The number of rotatable bonds is 8. The van der Waals surface area contributed by atoms with Crippen molar-refractivity contribution >= 4 is 17.9 Å². The Bertz CT molecular complexity index is 850. The first-order chi connectivity index (χ1) is 15.5. The third-order valence-corrected chi connectivity index (χ3v) is 5.08. The molecule has 1 aromatic rings. The van der Waals surface area contributed by atoms with Crippen LogP contribution in [-0.4, -0.2) is 57.7 Å². The van der Waals surface area contributed by atoms with Crippen molar-refractivity contribution < 1.29 is 24.2 Å². The molecule has 0 spiro atoms. The Morgan fingerprint density at radius 3 is 1.97 bits per heavy atom. The number of aliphatic hydroxyl groups excluding tert-OH is 1. The third kappa shape index (κ3) is 8.97. The molecule has 3 N–H and O–H groups in total. The molecule has 1 aromatic carbocycles. The van der Waals surface area contributed by atoms with Gasteiger partial charge in [-0.15, -0.1) is 0 Å². The molecule has 8 heteroatoms. The van der Waals surface area contributed by atoms with Crippen LogP contribution in [0.1, 0.15) is 84.5 Å². The Balaban J connectivity index is 3.54. The summed E-state index contributed by atoms with van der Waals surface area (Å²) in [7, 11) is 0. The highest BCUT2D eigenvalue weighted by Crippen LogP contribution is 2.28. The van der Waals surface area contributed by atoms with Gasteiger partial charge in [0.25, 0.3) is 0 Å². The second-order valence-electron chi connectivity index (χ2n) is 10.9. The number of benzene rings is 1. The third-order valence-electron chi connectivity index (χ3n) is 5.08. The molecular weight excluding hydrogens is 434 g/mol. The molecule has 192 valence electrons. The van der Waals surface area contributed by atoms with E-state index in [0.717, 1.165) is 11.1 Å². The highest BCUT2D eigenvalue weighted by Gasteiger charge is 2.39. The fourth-order valence-electron chi connectivity index (χ4n) is 3.65. The summed E-state index contributed by atoms with van der Waals surface area (Å²) in [5.74, 6) is -0.893. The first-order valence-electron chi connectivity index (χ1n) is 11.8. The van der Waals surface area contributed by atoms with Gasteiger partial charge in [-0.1, -0.05) is 36.2 Å². The number of carbonyl (C=O) groups is 3. The Morgan fingerprint density at radius 1 is 1.03 bits per heavy atom. The minimum Gasteiger partial charge on any atom is -0.444 e. The van der Waals surface area contributed by atoms with Crippen LogP contribution in [0.2, 0.25) is 0 Å². The number of aliphatic hydroxyl groups is 1. The van der Waals surface area contributed by atoms with Crippen LogP contribution in [0.15, 0.2) is 18.2 Å². The van der Waals surface area contributed by atoms with Gasteiger partial charge in [-0.3, -0.25) is 9.59 Å². The van der Waals surface area contributed by atoms with E-state index in [0.29, 0.717) is 12.0 Å². The number of nitrogens with zero attached hydrogens (tertiary/aromatic N) is 1. The highest BCUT2D eigenvalue weighted by atomic mass is 16.6. The van der Waals surface area contributed by atoms with E-state index in [9.17, 15) is 19.5 Å². The molecule has 0 saturated heterocycles. The van der Waals surface area contributed by atoms with Crippen molar-refractivity contribution in [3.05, 3.63) is 34.9 Å². The van der Waals surface area contributed by atoms with Crippen LogP contribution in [0.4, 0.5) is 4.79 Å². The second-order valence-corrected chi connectivity index (χ2v) is 10.9. The lowest BCUT2D eigenvalue weighted by Gasteiger charge is -2.39. The number of alkyl carbamates (subject to hydrolysis) is 1. The topological polar surface area (TPSA) is 108 Å². The van der Waals surface area contributed by atoms with Gasteiger partial charge >= 0.3 is 6.09 Å². The summed E-state index contributed by atoms with van der Waals surface area (Å²) < 4.78 is 5.27. The number of nitrogens with one attached hydrogen (secondary N) is 2. The zero-order chi connectivity index (χ0) is 26.4. The van der Waals surface area contributed by atoms with Crippen LogP contribution in [0.5, 0.6) is 0 Å². The maximum Gasteiger partial charge on any atom is 0.408 e. The normalized spacial score (nSPS) is 14.6. The summed E-state index contributed by atoms with van der Waals surface area (Å²) in [6.45, 7) is 17.8. The van der Waals surface area contributed by atoms with Crippen LogP contribution < -0.4 is 10.6 Å². The van der Waals surface area contributed by atoms with Crippen LogP contribution >= 0.6 is 0 Å². The van der Waals surface area contributed by atoms with E-state index in [1.807, 2.05) is 66.7 Å². The number of ether oxygens (including phenoxy) is 1. The molecule has 3 amide bonds. The number of aryl methyl sites for hydroxylation is 2. The van der Waals surface area contributed by atoms with Gasteiger partial charge in [-0.25, -0.2) is 4.79 Å². The van der Waals surface area contributed by atoms with E-state index in [-0.39, 0.29) is 11.9 Å². The van der Waals surface area contributed by atoms with Gasteiger partial charge in [0.1, 0.15) is 17.7 Å². The first kappa shape index (κ1) is 29.4. The standard InChI is InChI=1S/C26H43N3O5/c1-11-18(4)29(23(32)20(15-30)27-24(33)34-26(8,9)10)21(22(31)28-25(5,6)7)19-13-16(2)12-17(3)14-19/h12-14,18,20-21,30H,11,15H2,1-10H3,(H,27,33)(H,28,31). The summed E-state index contributed by atoms with van der Waals surface area (Å²) in [6, 6.07) is 3.21. The van der Waals surface area contributed by atoms with Gasteiger partial charge in [-0.2, -0.15) is 0 Å². The van der Waals surface area contributed by atoms with Crippen molar-refractivity contribution in [2.24, 2.45) is 0 Å². The van der Waals surface area contributed by atoms with Gasteiger partial charge in [-0.05, 0) is 74.3 Å². The van der Waals surface area contributed by atoms with E-state index < -0.39 is 41.8 Å². The van der Waals surface area contributed by atoms with E-state index in [1.54, 1.807) is 20.8 Å². The predicted octanol–water partition coefficient (Wildman–Crippen LogP) is 3.77. The fraction of sp³-hybridized carbons (Fsp3) is 0.654. The Morgan fingerprint density at radius 2 is 1.56 bits per heavy atom. The molecule has 3 unspecified atom stereocenters. The van der Waals surface area contributed by atoms with Crippen molar-refractivity contribution in [1.29, 1.82) is 0 Å². The van der Waals surface area contributed by atoms with Crippen molar-refractivity contribution in [1.82, 2.24) is 15.5 Å². The van der Waals surface area contributed by atoms with E-state index >= 15 is 0 Å². The number of hydrogen-bond donors (Lipinski definition) is 3. The molecule has 1 rings (SSSR count). The molecule has 8 nitrogen and oxygen atoms in total. The largest absolute Gasteiger partial charge is 0.444 e. The summed E-state index contributed by atoms with van der Waals surface area (Å²) in [5, 5.41) is 15.5. The van der Waals surface area contributed by atoms with Crippen molar-refractivity contribution in [2.75, 3.05) is 6.61 Å². The van der Waals surface area contributed by atoms with E-state index in [1.165, 1.54) is 4.90 Å². The summed E-state index contributed by atoms with van der Waals surface area (Å²) in [6.07, 6.45) is -0.244. The van der Waals surface area contributed by atoms with Crippen molar-refractivity contribution in [2.45, 2.75) is 105 Å². The molecule has 0 radical (unpaired) electrons. The molecule has 0 aliphatic rings. The lowest BCUT2D eigenvalue weighted by molar-refractivity contribution is -0.146. The predicted molar refractivity (Wildman–Crippen MR) is 133 cm³/mol. The van der Waals surface area contributed by atoms with E-state index in [4.69, 9.17) is 4.74 Å². The van der Waals surface area contributed by atoms with Gasteiger partial charge in [0, 0.05) is 11.6 Å². The van der Waals surface area contributed by atoms with E-state index in [2.05, 4.69) is 10.6 Å². The lowest BCUT2D eigenvalue weighted by atomic mass is 9.96. The summed E-state index contributed by atoms with van der Waals surface area (Å²) in [5.41, 5.74) is 1.31. The SMILES string of the molecule is CCC(C)N(C(=O)C(CO)NC(=O)OC(C)(C)C)C(C(=O)NC(C)(C)C)c1cc(C)cc(C)c1. The second kappa shape index (κ2) is 11.7. The lowest BCUT2D eigenvalue weighted by Crippen LogP contribution is -2.57. The zero-order valence-corrected chi connectivity index (χ0v) is 22.4. The smallest absolute Gasteiger partial charge is 0.408 e. The Labute approximate surface area is 204 Å². The molecule has 0 aliphatic heterocycles. The fourth-order valence-corrected chi connectivity index (χ4v) is 3.65. The van der Waals surface area contributed by atoms with Gasteiger partial charge in [0.05, 0.1) is 6.61 Å². The molecule has 34 heavy (non-hydrogen) atoms. The number of hydrogen-bond acceptors (Lipinski definition) is 5. The average molecular weight is 478 g/mol. The molecule has 3 atom stereocenters. The monoisotopic (exact) mass is 477 g/mol. The molecule has 0 bridgehead atoms. The molecule has 0 aromatic heterocycles. The first-order valence-corrected chi connectivity index (χ1v) is 11.8. The van der Waals surface area contributed by atoms with Gasteiger partial charge in [0.2, 0.25) is 11.8 Å². The van der Waals surface area contributed by atoms with Gasteiger partial charge in [0.15, 0.2) is 0 Å². The molecule has 0 saturated carbocycles. The number of carbonyl (C=O) groups excluding carboxylic acids is 3. The number of amides is 3. The van der Waals surface area contributed by atoms with Crippen LogP contribution in [0.25, 0.3) is 0 Å². The summed E-state index contributed by atoms with van der Waals surface area (Å²) >= 11 is 0. The van der Waals surface area contributed by atoms with Crippen LogP contribution in [0.3, 0.4) is 0 Å². The van der Waals surface area contributed by atoms with Crippen LogP contribution in [0, 0.1) is 13.8 Å². The maximum atomic E-state index is 13.7. The molecule has 0 aliphatic carbocycles. The molecule has 0 fully saturated rings. The minimum absolute atomic E-state index is 0.333. The maximum absolute atomic E-state index is 13.7. The minimum atomic E-state index is -1.26. The Hall–Kier alpha value is -2.61. The van der Waals surface area contributed by atoms with Gasteiger partial charge < -0.3 is 25.4 Å². The van der Waals surface area contributed by atoms with Crippen molar-refractivity contribution in [3.8, 4) is 0 Å². The Kier molecular flexibility index (Phi) is 10.1. The zero-order valence-electron chi connectivity index (χ0n) is 22.4. The molecule has 0 heterocycles. The quantitative estimate of drug-likeness (QED) is 0.528. The van der Waals surface area contributed by atoms with Crippen molar-refractivity contribution in [3.63, 3.8) is 0 Å². The molecular formula is C26H43N3O5. The highest BCUT2D eigenvalue weighted by molar-refractivity contribution is 5.92. The summed E-state index contributed by atoms with van der Waals surface area (Å²) in [4.78, 5) is 41.2. The van der Waals surface area contributed by atoms with Crippen LogP contribution in [-0.2, 0) is 14.3 Å².